The van der Waals surface area contributed by atoms with Gasteiger partial charge in [0.15, 0.2) is 0 Å². The van der Waals surface area contributed by atoms with Gasteiger partial charge < -0.3 is 10.1 Å². The molecule has 0 saturated carbocycles. The number of benzene rings is 1. The van der Waals surface area contributed by atoms with Gasteiger partial charge in [-0.15, -0.1) is 0 Å². The molecule has 0 unspecified atom stereocenters. The summed E-state index contributed by atoms with van der Waals surface area (Å²) >= 11 is 0. The Hall–Kier alpha value is -1.77. The van der Waals surface area contributed by atoms with Crippen LogP contribution in [0.1, 0.15) is 31.7 Å². The SMILES string of the molecule is CCOC(=O)C(=C1CCCCN1)c1ccccc1. The number of allylic oxidation sites excluding steroid dienone is 1. The van der Waals surface area contributed by atoms with Gasteiger partial charge in [0, 0.05) is 12.2 Å². The van der Waals surface area contributed by atoms with Gasteiger partial charge >= 0.3 is 5.97 Å². The maximum atomic E-state index is 12.1. The first-order chi connectivity index (χ1) is 8.83. The number of carbonyl (C=O) groups is 1. The lowest BCUT2D eigenvalue weighted by atomic mass is 9.98. The zero-order valence-corrected chi connectivity index (χ0v) is 10.7. The van der Waals surface area contributed by atoms with Crippen LogP contribution in [0.4, 0.5) is 0 Å². The van der Waals surface area contributed by atoms with E-state index in [1.54, 1.807) is 0 Å². The molecule has 3 heteroatoms. The lowest BCUT2D eigenvalue weighted by Gasteiger charge is -2.20. The minimum atomic E-state index is -0.229. The van der Waals surface area contributed by atoms with Gasteiger partial charge in [-0.25, -0.2) is 4.79 Å². The Morgan fingerprint density at radius 1 is 1.28 bits per heavy atom. The third-order valence-corrected chi connectivity index (χ3v) is 3.04. The average molecular weight is 245 g/mol. The van der Waals surface area contributed by atoms with Gasteiger partial charge in [0.2, 0.25) is 0 Å². The molecule has 0 bridgehead atoms. The molecule has 96 valence electrons. The summed E-state index contributed by atoms with van der Waals surface area (Å²) in [4.78, 5) is 12.1. The second-order valence-corrected chi connectivity index (χ2v) is 4.32. The second-order valence-electron chi connectivity index (χ2n) is 4.32. The average Bonchev–Trinajstić information content (AvgIpc) is 2.42. The van der Waals surface area contributed by atoms with Crippen LogP contribution in [0.15, 0.2) is 36.0 Å². The van der Waals surface area contributed by atoms with Gasteiger partial charge in [-0.3, -0.25) is 0 Å². The highest BCUT2D eigenvalue weighted by molar-refractivity contribution is 6.17. The molecular weight excluding hydrogens is 226 g/mol. The maximum Gasteiger partial charge on any atom is 0.340 e. The predicted molar refractivity (Wildman–Crippen MR) is 71.8 cm³/mol. The molecule has 1 aromatic rings. The zero-order valence-electron chi connectivity index (χ0n) is 10.7. The zero-order chi connectivity index (χ0) is 12.8. The summed E-state index contributed by atoms with van der Waals surface area (Å²) in [5.41, 5.74) is 2.64. The number of carbonyl (C=O) groups excluding carboxylic acids is 1. The second kappa shape index (κ2) is 6.24. The van der Waals surface area contributed by atoms with Crippen molar-refractivity contribution in [2.45, 2.75) is 26.2 Å². The molecule has 0 amide bonds. The van der Waals surface area contributed by atoms with Gasteiger partial charge in [-0.2, -0.15) is 0 Å². The summed E-state index contributed by atoms with van der Waals surface area (Å²) in [5.74, 6) is -0.229. The van der Waals surface area contributed by atoms with E-state index in [1.165, 1.54) is 0 Å². The first-order valence-corrected chi connectivity index (χ1v) is 6.52. The molecule has 1 N–H and O–H groups in total. The van der Waals surface area contributed by atoms with E-state index in [9.17, 15) is 4.79 Å². The lowest BCUT2D eigenvalue weighted by Crippen LogP contribution is -2.24. The first kappa shape index (κ1) is 12.7. The quantitative estimate of drug-likeness (QED) is 0.657. The number of esters is 1. The number of hydrogen-bond donors (Lipinski definition) is 1. The van der Waals surface area contributed by atoms with Crippen molar-refractivity contribution in [2.24, 2.45) is 0 Å². The number of nitrogens with one attached hydrogen (secondary N) is 1. The normalized spacial score (nSPS) is 17.8. The van der Waals surface area contributed by atoms with E-state index in [1.807, 2.05) is 37.3 Å². The van der Waals surface area contributed by atoms with Gasteiger partial charge in [0.1, 0.15) is 0 Å². The number of hydrogen-bond acceptors (Lipinski definition) is 3. The summed E-state index contributed by atoms with van der Waals surface area (Å²) in [6.45, 7) is 3.17. The van der Waals surface area contributed by atoms with E-state index in [0.717, 1.165) is 37.1 Å². The summed E-state index contributed by atoms with van der Waals surface area (Å²) in [5, 5.41) is 3.34. The van der Waals surface area contributed by atoms with Gasteiger partial charge in [-0.05, 0) is 31.7 Å². The Labute approximate surface area is 108 Å². The van der Waals surface area contributed by atoms with Crippen molar-refractivity contribution >= 4 is 11.5 Å². The maximum absolute atomic E-state index is 12.1. The summed E-state index contributed by atoms with van der Waals surface area (Å²) in [6.07, 6.45) is 3.20. The van der Waals surface area contributed by atoms with Gasteiger partial charge in [0.25, 0.3) is 0 Å². The Morgan fingerprint density at radius 2 is 2.06 bits per heavy atom. The van der Waals surface area contributed by atoms with Crippen LogP contribution >= 0.6 is 0 Å². The van der Waals surface area contributed by atoms with Gasteiger partial charge in [0.05, 0.1) is 12.2 Å². The minimum Gasteiger partial charge on any atom is -0.462 e. The topological polar surface area (TPSA) is 38.3 Å². The lowest BCUT2D eigenvalue weighted by molar-refractivity contribution is -0.136. The molecule has 1 aliphatic heterocycles. The predicted octanol–water partition coefficient (Wildman–Crippen LogP) is 2.73. The highest BCUT2D eigenvalue weighted by atomic mass is 16.5. The van der Waals surface area contributed by atoms with Crippen molar-refractivity contribution in [1.29, 1.82) is 0 Å². The molecule has 1 saturated heterocycles. The van der Waals surface area contributed by atoms with Crippen molar-refractivity contribution in [3.8, 4) is 0 Å². The molecule has 0 aromatic heterocycles. The van der Waals surface area contributed by atoms with Crippen LogP contribution in [0, 0.1) is 0 Å². The molecule has 0 radical (unpaired) electrons. The fourth-order valence-corrected chi connectivity index (χ4v) is 2.19. The van der Waals surface area contributed by atoms with E-state index in [0.29, 0.717) is 12.2 Å². The molecule has 0 atom stereocenters. The number of ether oxygens (including phenoxy) is 1. The molecule has 1 heterocycles. The van der Waals surface area contributed by atoms with Crippen molar-refractivity contribution in [1.82, 2.24) is 5.32 Å². The molecule has 2 rings (SSSR count). The first-order valence-electron chi connectivity index (χ1n) is 6.52. The van der Waals surface area contributed by atoms with Crippen molar-refractivity contribution in [2.75, 3.05) is 13.2 Å². The Balaban J connectivity index is 2.37. The minimum absolute atomic E-state index is 0.229. The molecule has 1 aromatic carbocycles. The summed E-state index contributed by atoms with van der Waals surface area (Å²) in [7, 11) is 0. The van der Waals surface area contributed by atoms with Gasteiger partial charge in [-0.1, -0.05) is 30.3 Å². The standard InChI is InChI=1S/C15H19NO2/c1-2-18-15(17)14(12-8-4-3-5-9-12)13-10-6-7-11-16-13/h3-5,8-9,16H,2,6-7,10-11H2,1H3. The Kier molecular flexibility index (Phi) is 4.40. The highest BCUT2D eigenvalue weighted by Crippen LogP contribution is 2.24. The fraction of sp³-hybridized carbons (Fsp3) is 0.400. The van der Waals surface area contributed by atoms with Crippen LogP contribution in [0.2, 0.25) is 0 Å². The summed E-state index contributed by atoms with van der Waals surface area (Å²) in [6, 6.07) is 9.74. The van der Waals surface area contributed by atoms with E-state index >= 15 is 0 Å². The third kappa shape index (κ3) is 2.92. The van der Waals surface area contributed by atoms with Crippen LogP contribution in [-0.4, -0.2) is 19.1 Å². The van der Waals surface area contributed by atoms with Crippen LogP contribution in [0.25, 0.3) is 5.57 Å². The molecule has 3 nitrogen and oxygen atoms in total. The highest BCUT2D eigenvalue weighted by Gasteiger charge is 2.20. The molecule has 0 aliphatic carbocycles. The van der Waals surface area contributed by atoms with Crippen LogP contribution in [-0.2, 0) is 9.53 Å². The number of rotatable bonds is 3. The van der Waals surface area contributed by atoms with E-state index in [4.69, 9.17) is 4.74 Å². The van der Waals surface area contributed by atoms with Crippen molar-refractivity contribution in [3.63, 3.8) is 0 Å². The van der Waals surface area contributed by atoms with E-state index in [2.05, 4.69) is 5.32 Å². The van der Waals surface area contributed by atoms with E-state index in [-0.39, 0.29) is 5.97 Å². The number of piperidine rings is 1. The molecule has 1 aliphatic rings. The van der Waals surface area contributed by atoms with E-state index < -0.39 is 0 Å². The summed E-state index contributed by atoms with van der Waals surface area (Å²) < 4.78 is 5.17. The molecule has 1 fully saturated rings. The Morgan fingerprint density at radius 3 is 2.67 bits per heavy atom. The van der Waals surface area contributed by atoms with Crippen LogP contribution in [0.5, 0.6) is 0 Å². The largest absolute Gasteiger partial charge is 0.462 e. The fourth-order valence-electron chi connectivity index (χ4n) is 2.19. The van der Waals surface area contributed by atoms with Crippen molar-refractivity contribution < 1.29 is 9.53 Å². The van der Waals surface area contributed by atoms with Crippen molar-refractivity contribution in [3.05, 3.63) is 41.6 Å². The third-order valence-electron chi connectivity index (χ3n) is 3.04. The molecular formula is C15H19NO2. The molecule has 0 spiro atoms. The van der Waals surface area contributed by atoms with Crippen LogP contribution in [0.3, 0.4) is 0 Å². The molecule has 18 heavy (non-hydrogen) atoms. The monoisotopic (exact) mass is 245 g/mol. The Bertz CT molecular complexity index is 429. The van der Waals surface area contributed by atoms with Crippen LogP contribution < -0.4 is 5.32 Å². The smallest absolute Gasteiger partial charge is 0.340 e.